The first-order chi connectivity index (χ1) is 8.65. The first-order valence-corrected chi connectivity index (χ1v) is 5.74. The van der Waals surface area contributed by atoms with Crippen molar-refractivity contribution < 1.29 is 9.18 Å². The second-order valence-corrected chi connectivity index (χ2v) is 4.51. The third kappa shape index (κ3) is 1.68. The van der Waals surface area contributed by atoms with Crippen LogP contribution in [-0.2, 0) is 4.79 Å². The second-order valence-electron chi connectivity index (χ2n) is 4.51. The molecule has 2 N–H and O–H groups in total. The Morgan fingerprint density at radius 2 is 2.28 bits per heavy atom. The minimum Gasteiger partial charge on any atom is -0.361 e. The summed E-state index contributed by atoms with van der Waals surface area (Å²) in [7, 11) is 0. The molecule has 1 aromatic carbocycles. The molecule has 92 valence electrons. The predicted octanol–water partition coefficient (Wildman–Crippen LogP) is 2.29. The maximum Gasteiger partial charge on any atom is 0.248 e. The van der Waals surface area contributed by atoms with Crippen LogP contribution < -0.4 is 5.43 Å². The Morgan fingerprint density at radius 3 is 3.11 bits per heavy atom. The third-order valence-corrected chi connectivity index (χ3v) is 3.22. The van der Waals surface area contributed by atoms with Crippen LogP contribution in [0, 0.1) is 5.82 Å². The smallest absolute Gasteiger partial charge is 0.248 e. The number of nitrogens with one attached hydrogen (secondary N) is 2. The molecule has 1 aliphatic heterocycles. The monoisotopic (exact) mass is 245 g/mol. The number of aromatic amines is 1. The molecule has 0 spiro atoms. The summed E-state index contributed by atoms with van der Waals surface area (Å²) >= 11 is 0. The number of fused-ring (bicyclic) bond motifs is 1. The molecule has 5 heteroatoms. The number of hydrogen-bond donors (Lipinski definition) is 2. The van der Waals surface area contributed by atoms with Crippen LogP contribution in [0.2, 0.25) is 0 Å². The van der Waals surface area contributed by atoms with Crippen LogP contribution in [0.1, 0.15) is 24.8 Å². The zero-order chi connectivity index (χ0) is 12.7. The van der Waals surface area contributed by atoms with Crippen molar-refractivity contribution in [1.82, 2.24) is 10.4 Å². The molecule has 1 aliphatic rings. The number of carbonyl (C=O) groups excluding carboxylic acids is 1. The van der Waals surface area contributed by atoms with Gasteiger partial charge in [0.1, 0.15) is 5.82 Å². The number of hydrogen-bond acceptors (Lipinski definition) is 2. The van der Waals surface area contributed by atoms with Crippen molar-refractivity contribution in [2.24, 2.45) is 5.10 Å². The Balaban J connectivity index is 2.11. The van der Waals surface area contributed by atoms with Gasteiger partial charge in [0.15, 0.2) is 0 Å². The largest absolute Gasteiger partial charge is 0.361 e. The van der Waals surface area contributed by atoms with Gasteiger partial charge in [0, 0.05) is 29.2 Å². The normalized spacial score (nSPS) is 19.8. The van der Waals surface area contributed by atoms with Crippen molar-refractivity contribution in [1.29, 1.82) is 0 Å². The lowest BCUT2D eigenvalue weighted by atomic mass is 9.92. The summed E-state index contributed by atoms with van der Waals surface area (Å²) in [5.41, 5.74) is 5.01. The van der Waals surface area contributed by atoms with E-state index in [0.29, 0.717) is 6.42 Å². The molecule has 2 heterocycles. The number of aromatic nitrogens is 1. The standard InChI is InChI=1S/C13H12FN3O/c1-7-4-10(13(18)17-16-7)11-6-15-12-3-2-8(14)5-9(11)12/h2-3,5-6,10,15H,4H2,1H3,(H,17,18). The van der Waals surface area contributed by atoms with Crippen LogP contribution in [0.5, 0.6) is 0 Å². The summed E-state index contributed by atoms with van der Waals surface area (Å²) in [6.45, 7) is 1.86. The van der Waals surface area contributed by atoms with Crippen molar-refractivity contribution in [2.75, 3.05) is 0 Å². The summed E-state index contributed by atoms with van der Waals surface area (Å²) < 4.78 is 13.3. The van der Waals surface area contributed by atoms with Crippen LogP contribution in [0.3, 0.4) is 0 Å². The van der Waals surface area contributed by atoms with Crippen LogP contribution in [-0.4, -0.2) is 16.6 Å². The van der Waals surface area contributed by atoms with Gasteiger partial charge in [-0.1, -0.05) is 0 Å². The number of H-pyrrole nitrogens is 1. The van der Waals surface area contributed by atoms with Crippen molar-refractivity contribution >= 4 is 22.5 Å². The topological polar surface area (TPSA) is 57.2 Å². The summed E-state index contributed by atoms with van der Waals surface area (Å²) in [5.74, 6) is -0.756. The number of carbonyl (C=O) groups is 1. The number of amides is 1. The molecule has 0 saturated heterocycles. The van der Waals surface area contributed by atoms with E-state index < -0.39 is 0 Å². The van der Waals surface area contributed by atoms with Gasteiger partial charge in [-0.25, -0.2) is 9.82 Å². The van der Waals surface area contributed by atoms with E-state index in [-0.39, 0.29) is 17.6 Å². The van der Waals surface area contributed by atoms with E-state index in [1.165, 1.54) is 12.1 Å². The van der Waals surface area contributed by atoms with E-state index in [2.05, 4.69) is 15.5 Å². The number of nitrogens with zero attached hydrogens (tertiary/aromatic N) is 1. The Hall–Kier alpha value is -2.17. The summed E-state index contributed by atoms with van der Waals surface area (Å²) in [6, 6.07) is 4.53. The van der Waals surface area contributed by atoms with Crippen molar-refractivity contribution in [2.45, 2.75) is 19.3 Å². The molecule has 0 saturated carbocycles. The highest BCUT2D eigenvalue weighted by atomic mass is 19.1. The minimum atomic E-state index is -0.307. The Bertz CT molecular complexity index is 659. The quantitative estimate of drug-likeness (QED) is 0.795. The Morgan fingerprint density at radius 1 is 1.44 bits per heavy atom. The average molecular weight is 245 g/mol. The molecule has 2 aromatic rings. The van der Waals surface area contributed by atoms with Crippen LogP contribution in [0.4, 0.5) is 4.39 Å². The molecular weight excluding hydrogens is 233 g/mol. The highest BCUT2D eigenvalue weighted by Gasteiger charge is 2.27. The van der Waals surface area contributed by atoms with E-state index in [0.717, 1.165) is 22.2 Å². The number of halogens is 1. The van der Waals surface area contributed by atoms with Crippen LogP contribution in [0.15, 0.2) is 29.5 Å². The van der Waals surface area contributed by atoms with Crippen molar-refractivity contribution in [3.8, 4) is 0 Å². The zero-order valence-electron chi connectivity index (χ0n) is 9.83. The average Bonchev–Trinajstić information content (AvgIpc) is 2.75. The van der Waals surface area contributed by atoms with Gasteiger partial charge in [-0.3, -0.25) is 4.79 Å². The number of rotatable bonds is 1. The summed E-state index contributed by atoms with van der Waals surface area (Å²) in [6.07, 6.45) is 2.34. The molecule has 1 amide bonds. The SMILES string of the molecule is CC1=NNC(=O)C(c2c[nH]c3ccc(F)cc23)C1. The van der Waals surface area contributed by atoms with Gasteiger partial charge in [0.2, 0.25) is 5.91 Å². The van der Waals surface area contributed by atoms with Gasteiger partial charge in [-0.2, -0.15) is 5.10 Å². The maximum absolute atomic E-state index is 13.3. The highest BCUT2D eigenvalue weighted by Crippen LogP contribution is 2.30. The summed E-state index contributed by atoms with van der Waals surface area (Å²) in [5, 5.41) is 4.66. The fourth-order valence-corrected chi connectivity index (χ4v) is 2.32. The number of benzene rings is 1. The molecule has 1 atom stereocenters. The molecule has 4 nitrogen and oxygen atoms in total. The predicted molar refractivity (Wildman–Crippen MR) is 66.9 cm³/mol. The second kappa shape index (κ2) is 3.94. The van der Waals surface area contributed by atoms with E-state index in [1.807, 2.05) is 6.92 Å². The van der Waals surface area contributed by atoms with Gasteiger partial charge in [-0.15, -0.1) is 0 Å². The molecule has 1 aromatic heterocycles. The lowest BCUT2D eigenvalue weighted by Gasteiger charge is -2.19. The Kier molecular flexibility index (Phi) is 2.40. The van der Waals surface area contributed by atoms with E-state index in [1.54, 1.807) is 12.3 Å². The summed E-state index contributed by atoms with van der Waals surface area (Å²) in [4.78, 5) is 14.9. The van der Waals surface area contributed by atoms with Crippen LogP contribution >= 0.6 is 0 Å². The van der Waals surface area contributed by atoms with Crippen LogP contribution in [0.25, 0.3) is 10.9 Å². The van der Waals surface area contributed by atoms with Gasteiger partial charge < -0.3 is 4.98 Å². The molecule has 0 radical (unpaired) electrons. The van der Waals surface area contributed by atoms with E-state index in [9.17, 15) is 9.18 Å². The fourth-order valence-electron chi connectivity index (χ4n) is 2.32. The highest BCUT2D eigenvalue weighted by molar-refractivity contribution is 5.98. The molecule has 0 bridgehead atoms. The lowest BCUT2D eigenvalue weighted by Crippen LogP contribution is -2.32. The van der Waals surface area contributed by atoms with Gasteiger partial charge in [-0.05, 0) is 30.7 Å². The maximum atomic E-state index is 13.3. The first-order valence-electron chi connectivity index (χ1n) is 5.74. The molecule has 3 rings (SSSR count). The van der Waals surface area contributed by atoms with E-state index in [4.69, 9.17) is 0 Å². The molecule has 0 fully saturated rings. The minimum absolute atomic E-state index is 0.147. The van der Waals surface area contributed by atoms with Crippen molar-refractivity contribution in [3.05, 3.63) is 35.8 Å². The third-order valence-electron chi connectivity index (χ3n) is 3.22. The van der Waals surface area contributed by atoms with E-state index >= 15 is 0 Å². The van der Waals surface area contributed by atoms with Gasteiger partial charge >= 0.3 is 0 Å². The molecular formula is C13H12FN3O. The van der Waals surface area contributed by atoms with Gasteiger partial charge in [0.25, 0.3) is 0 Å². The lowest BCUT2D eigenvalue weighted by molar-refractivity contribution is -0.122. The molecule has 1 unspecified atom stereocenters. The Labute approximate surface area is 103 Å². The fraction of sp³-hybridized carbons (Fsp3) is 0.231. The molecule has 0 aliphatic carbocycles. The molecule has 18 heavy (non-hydrogen) atoms. The van der Waals surface area contributed by atoms with Crippen molar-refractivity contribution in [3.63, 3.8) is 0 Å². The first kappa shape index (κ1) is 11.0. The van der Waals surface area contributed by atoms with Gasteiger partial charge in [0.05, 0.1) is 5.92 Å². The number of hydrazone groups is 1. The zero-order valence-corrected chi connectivity index (χ0v) is 9.83.